The molecule has 1 N–H and O–H groups in total. The van der Waals surface area contributed by atoms with Crippen molar-refractivity contribution in [2.75, 3.05) is 26.2 Å². The Morgan fingerprint density at radius 3 is 2.82 bits per heavy atom. The molecule has 2 fully saturated rings. The zero-order chi connectivity index (χ0) is 20.1. The minimum Gasteiger partial charge on any atom is -0.333 e. The third-order valence-corrected chi connectivity index (χ3v) is 5.26. The average molecular weight is 398 g/mol. The fraction of sp³-hybridized carbons (Fsp3) is 0.632. The van der Waals surface area contributed by atoms with Crippen molar-refractivity contribution in [2.45, 2.75) is 44.4 Å². The predicted molar refractivity (Wildman–Crippen MR) is 96.0 cm³/mol. The zero-order valence-electron chi connectivity index (χ0n) is 15.6. The van der Waals surface area contributed by atoms with Gasteiger partial charge in [0.2, 0.25) is 11.8 Å². The van der Waals surface area contributed by atoms with Crippen molar-refractivity contribution in [1.82, 2.24) is 20.1 Å². The van der Waals surface area contributed by atoms with Gasteiger partial charge in [-0.05, 0) is 44.5 Å². The average Bonchev–Trinajstić information content (AvgIpc) is 2.85. The largest absolute Gasteiger partial charge is 0.406 e. The van der Waals surface area contributed by atoms with Crippen LogP contribution in [0.5, 0.6) is 0 Å². The Morgan fingerprint density at radius 2 is 2.11 bits per heavy atom. The molecule has 2 unspecified atom stereocenters. The minimum absolute atomic E-state index is 0.0173. The van der Waals surface area contributed by atoms with Gasteiger partial charge in [-0.1, -0.05) is 6.07 Å². The normalized spacial score (nSPS) is 23.5. The molecule has 2 amide bonds. The number of carbonyl (C=O) groups excluding carboxylic acids is 2. The molecular formula is C19H25F3N4O2. The van der Waals surface area contributed by atoms with Gasteiger partial charge in [0.1, 0.15) is 6.54 Å². The smallest absolute Gasteiger partial charge is 0.333 e. The van der Waals surface area contributed by atoms with E-state index in [1.807, 2.05) is 12.1 Å². The molecule has 0 aliphatic carbocycles. The predicted octanol–water partition coefficient (Wildman–Crippen LogP) is 1.96. The van der Waals surface area contributed by atoms with Crippen LogP contribution in [-0.4, -0.2) is 65.0 Å². The second-order valence-corrected chi connectivity index (χ2v) is 7.41. The number of carbonyl (C=O) groups is 2. The fourth-order valence-electron chi connectivity index (χ4n) is 3.91. The highest BCUT2D eigenvalue weighted by molar-refractivity contribution is 5.89. The standard InChI is InChI=1S/C19H25F3N4O2/c20-19(21,22)13-25-11-14(10-17(25)27)18(28)26(12-15-4-1-2-8-24-15)16-5-3-7-23-9-6-16/h1-2,4,8,14,16,23H,3,5-7,9-13H2. The Kier molecular flexibility index (Phi) is 6.53. The van der Waals surface area contributed by atoms with Crippen LogP contribution < -0.4 is 5.32 Å². The van der Waals surface area contributed by atoms with E-state index in [1.54, 1.807) is 17.2 Å². The molecule has 3 heterocycles. The van der Waals surface area contributed by atoms with Crippen molar-refractivity contribution in [3.05, 3.63) is 30.1 Å². The first-order valence-corrected chi connectivity index (χ1v) is 9.59. The molecule has 3 rings (SSSR count). The van der Waals surface area contributed by atoms with Crippen LogP contribution in [0.3, 0.4) is 0 Å². The van der Waals surface area contributed by atoms with Gasteiger partial charge in [-0.2, -0.15) is 13.2 Å². The van der Waals surface area contributed by atoms with E-state index in [9.17, 15) is 22.8 Å². The Balaban J connectivity index is 1.75. The quantitative estimate of drug-likeness (QED) is 0.824. The monoisotopic (exact) mass is 398 g/mol. The maximum Gasteiger partial charge on any atom is 0.406 e. The fourth-order valence-corrected chi connectivity index (χ4v) is 3.91. The summed E-state index contributed by atoms with van der Waals surface area (Å²) in [5.41, 5.74) is 0.726. The summed E-state index contributed by atoms with van der Waals surface area (Å²) in [7, 11) is 0. The van der Waals surface area contributed by atoms with E-state index < -0.39 is 24.5 Å². The van der Waals surface area contributed by atoms with E-state index in [0.29, 0.717) is 6.54 Å². The molecule has 0 radical (unpaired) electrons. The number of pyridine rings is 1. The van der Waals surface area contributed by atoms with Crippen molar-refractivity contribution in [3.8, 4) is 0 Å². The molecular weight excluding hydrogens is 373 g/mol. The van der Waals surface area contributed by atoms with E-state index >= 15 is 0 Å². The van der Waals surface area contributed by atoms with Crippen LogP contribution in [0.4, 0.5) is 13.2 Å². The molecule has 2 aliphatic rings. The number of amides is 2. The molecule has 1 aromatic rings. The van der Waals surface area contributed by atoms with Gasteiger partial charge < -0.3 is 15.1 Å². The topological polar surface area (TPSA) is 65.5 Å². The van der Waals surface area contributed by atoms with Crippen LogP contribution in [0.25, 0.3) is 0 Å². The number of nitrogens with one attached hydrogen (secondary N) is 1. The lowest BCUT2D eigenvalue weighted by molar-refractivity contribution is -0.157. The van der Waals surface area contributed by atoms with Gasteiger partial charge in [-0.25, -0.2) is 0 Å². The van der Waals surface area contributed by atoms with Gasteiger partial charge in [-0.15, -0.1) is 0 Å². The van der Waals surface area contributed by atoms with Crippen molar-refractivity contribution in [2.24, 2.45) is 5.92 Å². The van der Waals surface area contributed by atoms with E-state index in [-0.39, 0.29) is 24.9 Å². The second-order valence-electron chi connectivity index (χ2n) is 7.41. The van der Waals surface area contributed by atoms with E-state index in [4.69, 9.17) is 0 Å². The number of halogens is 3. The van der Waals surface area contributed by atoms with Gasteiger partial charge in [0, 0.05) is 25.2 Å². The first-order valence-electron chi connectivity index (χ1n) is 9.59. The van der Waals surface area contributed by atoms with Crippen LogP contribution in [0.2, 0.25) is 0 Å². The molecule has 2 saturated heterocycles. The van der Waals surface area contributed by atoms with E-state index in [0.717, 1.165) is 42.9 Å². The molecule has 0 bridgehead atoms. The number of nitrogens with zero attached hydrogens (tertiary/aromatic N) is 3. The maximum absolute atomic E-state index is 13.2. The van der Waals surface area contributed by atoms with Gasteiger partial charge in [0.25, 0.3) is 0 Å². The molecule has 2 aliphatic heterocycles. The van der Waals surface area contributed by atoms with Crippen LogP contribution in [0.15, 0.2) is 24.4 Å². The number of alkyl halides is 3. The number of rotatable bonds is 5. The molecule has 0 saturated carbocycles. The number of aromatic nitrogens is 1. The van der Waals surface area contributed by atoms with Gasteiger partial charge >= 0.3 is 6.18 Å². The molecule has 6 nitrogen and oxygen atoms in total. The minimum atomic E-state index is -4.46. The molecule has 28 heavy (non-hydrogen) atoms. The highest BCUT2D eigenvalue weighted by Gasteiger charge is 2.42. The molecule has 0 aromatic carbocycles. The van der Waals surface area contributed by atoms with Crippen LogP contribution >= 0.6 is 0 Å². The van der Waals surface area contributed by atoms with Gasteiger partial charge in [0.05, 0.1) is 18.2 Å². The Morgan fingerprint density at radius 1 is 1.29 bits per heavy atom. The summed E-state index contributed by atoms with van der Waals surface area (Å²) in [6.07, 6.45) is -0.478. The lowest BCUT2D eigenvalue weighted by atomic mass is 10.0. The number of hydrogen-bond donors (Lipinski definition) is 1. The highest BCUT2D eigenvalue weighted by atomic mass is 19.4. The van der Waals surface area contributed by atoms with Crippen molar-refractivity contribution in [1.29, 1.82) is 0 Å². The molecule has 0 spiro atoms. The van der Waals surface area contributed by atoms with Crippen molar-refractivity contribution >= 4 is 11.8 Å². The summed E-state index contributed by atoms with van der Waals surface area (Å²) in [5, 5.41) is 3.30. The first-order chi connectivity index (χ1) is 13.3. The van der Waals surface area contributed by atoms with Crippen LogP contribution in [0, 0.1) is 5.92 Å². The van der Waals surface area contributed by atoms with Crippen molar-refractivity contribution in [3.63, 3.8) is 0 Å². The van der Waals surface area contributed by atoms with Crippen LogP contribution in [0.1, 0.15) is 31.4 Å². The Labute approximate surface area is 162 Å². The molecule has 154 valence electrons. The van der Waals surface area contributed by atoms with Gasteiger partial charge in [-0.3, -0.25) is 14.6 Å². The number of likely N-dealkylation sites (tertiary alicyclic amines) is 1. The lowest BCUT2D eigenvalue weighted by Gasteiger charge is -2.33. The molecule has 2 atom stereocenters. The Bertz CT molecular complexity index is 676. The summed E-state index contributed by atoms with van der Waals surface area (Å²) < 4.78 is 38.1. The summed E-state index contributed by atoms with van der Waals surface area (Å²) in [4.78, 5) is 32.0. The maximum atomic E-state index is 13.2. The van der Waals surface area contributed by atoms with E-state index in [2.05, 4.69) is 10.3 Å². The summed E-state index contributed by atoms with van der Waals surface area (Å²) >= 11 is 0. The van der Waals surface area contributed by atoms with Gasteiger partial charge in [0.15, 0.2) is 0 Å². The summed E-state index contributed by atoms with van der Waals surface area (Å²) in [6, 6.07) is 5.43. The molecule has 1 aromatic heterocycles. The summed E-state index contributed by atoms with van der Waals surface area (Å²) in [5.74, 6) is -1.61. The first kappa shape index (κ1) is 20.6. The SMILES string of the molecule is O=C1CC(C(=O)N(Cc2ccccn2)C2CCCNCC2)CN1CC(F)(F)F. The number of hydrogen-bond acceptors (Lipinski definition) is 4. The zero-order valence-corrected chi connectivity index (χ0v) is 15.6. The summed E-state index contributed by atoms with van der Waals surface area (Å²) in [6.45, 7) is 0.474. The highest BCUT2D eigenvalue weighted by Crippen LogP contribution is 2.27. The third kappa shape index (κ3) is 5.43. The van der Waals surface area contributed by atoms with Crippen molar-refractivity contribution < 1.29 is 22.8 Å². The third-order valence-electron chi connectivity index (χ3n) is 5.26. The lowest BCUT2D eigenvalue weighted by Crippen LogP contribution is -2.44. The Hall–Kier alpha value is -2.16. The van der Waals surface area contributed by atoms with Crippen LogP contribution in [-0.2, 0) is 16.1 Å². The second kappa shape index (κ2) is 8.89. The van der Waals surface area contributed by atoms with E-state index in [1.165, 1.54) is 0 Å². The molecule has 9 heteroatoms.